The fourth-order valence-corrected chi connectivity index (χ4v) is 3.07. The number of nitrogens with one attached hydrogen (secondary N) is 1. The minimum Gasteiger partial charge on any atom is -0.302 e. The van der Waals surface area contributed by atoms with Crippen molar-refractivity contribution in [3.63, 3.8) is 0 Å². The number of hydrogen-bond acceptors (Lipinski definition) is 3. The van der Waals surface area contributed by atoms with Crippen molar-refractivity contribution in [2.75, 3.05) is 5.32 Å². The third kappa shape index (κ3) is 2.61. The van der Waals surface area contributed by atoms with E-state index >= 15 is 0 Å². The van der Waals surface area contributed by atoms with Gasteiger partial charge >= 0.3 is 0 Å². The van der Waals surface area contributed by atoms with E-state index in [0.717, 1.165) is 17.7 Å². The van der Waals surface area contributed by atoms with Crippen molar-refractivity contribution in [2.45, 2.75) is 27.2 Å². The molecule has 4 heteroatoms. The van der Waals surface area contributed by atoms with Gasteiger partial charge in [-0.05, 0) is 37.8 Å². The largest absolute Gasteiger partial charge is 0.302 e. The Morgan fingerprint density at radius 2 is 2.15 bits per heavy atom. The standard InChI is InChI=1S/C16H18N2OS/c1-9-4-5-10(2)12(6-9)14-8-20-16(17-14)18-15(19)13-7-11(13)3/h4-6,8,11,13H,7H2,1-3H3,(H,17,18,19)/t11-,13-/m1/s1. The maximum absolute atomic E-state index is 11.9. The van der Waals surface area contributed by atoms with Gasteiger partial charge in [0.2, 0.25) is 5.91 Å². The fraction of sp³-hybridized carbons (Fsp3) is 0.375. The summed E-state index contributed by atoms with van der Waals surface area (Å²) < 4.78 is 0. The molecule has 0 saturated heterocycles. The van der Waals surface area contributed by atoms with Crippen LogP contribution in [0, 0.1) is 25.7 Å². The second kappa shape index (κ2) is 5.02. The molecule has 0 unspecified atom stereocenters. The number of amides is 1. The second-order valence-electron chi connectivity index (χ2n) is 5.67. The summed E-state index contributed by atoms with van der Waals surface area (Å²) in [6, 6.07) is 6.34. The highest BCUT2D eigenvalue weighted by atomic mass is 32.1. The summed E-state index contributed by atoms with van der Waals surface area (Å²) >= 11 is 1.49. The van der Waals surface area contributed by atoms with Crippen LogP contribution in [0.5, 0.6) is 0 Å². The van der Waals surface area contributed by atoms with E-state index in [9.17, 15) is 4.79 Å². The molecule has 1 amide bonds. The molecule has 3 nitrogen and oxygen atoms in total. The monoisotopic (exact) mass is 286 g/mol. The number of rotatable bonds is 3. The van der Waals surface area contributed by atoms with Crippen LogP contribution in [0.25, 0.3) is 11.3 Å². The number of aryl methyl sites for hydroxylation is 2. The first-order valence-corrected chi connectivity index (χ1v) is 7.76. The molecule has 1 aromatic carbocycles. The van der Waals surface area contributed by atoms with Crippen molar-refractivity contribution < 1.29 is 4.79 Å². The van der Waals surface area contributed by atoms with Crippen LogP contribution >= 0.6 is 11.3 Å². The highest BCUT2D eigenvalue weighted by molar-refractivity contribution is 7.14. The number of carbonyl (C=O) groups excluding carboxylic acids is 1. The van der Waals surface area contributed by atoms with Crippen molar-refractivity contribution in [3.05, 3.63) is 34.7 Å². The zero-order valence-corrected chi connectivity index (χ0v) is 12.8. The van der Waals surface area contributed by atoms with E-state index in [2.05, 4.69) is 49.3 Å². The molecule has 20 heavy (non-hydrogen) atoms. The Morgan fingerprint density at radius 3 is 2.85 bits per heavy atom. The average molecular weight is 286 g/mol. The zero-order chi connectivity index (χ0) is 14.3. The van der Waals surface area contributed by atoms with E-state index in [1.54, 1.807) is 0 Å². The fourth-order valence-electron chi connectivity index (χ4n) is 2.35. The molecule has 0 spiro atoms. The van der Waals surface area contributed by atoms with Crippen LogP contribution < -0.4 is 5.32 Å². The molecule has 1 aliphatic carbocycles. The van der Waals surface area contributed by atoms with Gasteiger partial charge in [0.25, 0.3) is 0 Å². The smallest absolute Gasteiger partial charge is 0.229 e. The van der Waals surface area contributed by atoms with Crippen LogP contribution in [-0.4, -0.2) is 10.9 Å². The van der Waals surface area contributed by atoms with E-state index in [1.807, 2.05) is 5.38 Å². The summed E-state index contributed by atoms with van der Waals surface area (Å²) in [6.45, 7) is 6.26. The zero-order valence-electron chi connectivity index (χ0n) is 11.9. The Kier molecular flexibility index (Phi) is 3.34. The molecule has 3 rings (SSSR count). The van der Waals surface area contributed by atoms with Crippen LogP contribution in [0.2, 0.25) is 0 Å². The summed E-state index contributed by atoms with van der Waals surface area (Å²) in [6.07, 6.45) is 1.00. The van der Waals surface area contributed by atoms with Crippen LogP contribution in [0.4, 0.5) is 5.13 Å². The van der Waals surface area contributed by atoms with E-state index in [0.29, 0.717) is 11.0 Å². The highest BCUT2D eigenvalue weighted by Gasteiger charge is 2.39. The van der Waals surface area contributed by atoms with E-state index in [4.69, 9.17) is 0 Å². The Hall–Kier alpha value is -1.68. The maximum atomic E-state index is 11.9. The molecule has 0 radical (unpaired) electrons. The Labute approximate surface area is 123 Å². The second-order valence-corrected chi connectivity index (χ2v) is 6.52. The van der Waals surface area contributed by atoms with E-state index in [1.165, 1.54) is 22.5 Å². The minimum absolute atomic E-state index is 0.111. The SMILES string of the molecule is Cc1ccc(C)c(-c2csc(NC(=O)[C@@H]3C[C@H]3C)n2)c1. The van der Waals surface area contributed by atoms with Crippen molar-refractivity contribution >= 4 is 22.4 Å². The molecule has 104 valence electrons. The first kappa shape index (κ1) is 13.3. The first-order valence-electron chi connectivity index (χ1n) is 6.88. The van der Waals surface area contributed by atoms with Gasteiger partial charge in [0.05, 0.1) is 5.69 Å². The number of anilines is 1. The molecule has 1 aliphatic rings. The third-order valence-electron chi connectivity index (χ3n) is 3.85. The lowest BCUT2D eigenvalue weighted by Crippen LogP contribution is -2.14. The summed E-state index contributed by atoms with van der Waals surface area (Å²) in [5.41, 5.74) is 4.50. The lowest BCUT2D eigenvalue weighted by molar-refractivity contribution is -0.117. The van der Waals surface area contributed by atoms with Crippen LogP contribution in [0.1, 0.15) is 24.5 Å². The third-order valence-corrected chi connectivity index (χ3v) is 4.61. The number of carbonyl (C=O) groups is 1. The van der Waals surface area contributed by atoms with Gasteiger partial charge in [-0.25, -0.2) is 4.98 Å². The van der Waals surface area contributed by atoms with E-state index < -0.39 is 0 Å². The van der Waals surface area contributed by atoms with Crippen molar-refractivity contribution in [3.8, 4) is 11.3 Å². The molecule has 1 aromatic heterocycles. The highest BCUT2D eigenvalue weighted by Crippen LogP contribution is 2.39. The normalized spacial score (nSPS) is 20.8. The van der Waals surface area contributed by atoms with Crippen LogP contribution in [0.3, 0.4) is 0 Å². The lowest BCUT2D eigenvalue weighted by atomic mass is 10.0. The molecule has 1 saturated carbocycles. The number of hydrogen-bond donors (Lipinski definition) is 1. The Bertz CT molecular complexity index is 662. The van der Waals surface area contributed by atoms with Gasteiger partial charge in [-0.2, -0.15) is 0 Å². The lowest BCUT2D eigenvalue weighted by Gasteiger charge is -2.04. The van der Waals surface area contributed by atoms with Crippen molar-refractivity contribution in [2.24, 2.45) is 11.8 Å². The number of thiazole rings is 1. The van der Waals surface area contributed by atoms with Crippen LogP contribution in [-0.2, 0) is 4.79 Å². The maximum Gasteiger partial charge on any atom is 0.229 e. The number of benzene rings is 1. The molecule has 2 atom stereocenters. The summed E-state index contributed by atoms with van der Waals surface area (Å²) in [5.74, 6) is 0.816. The molecular weight excluding hydrogens is 268 g/mol. The summed E-state index contributed by atoms with van der Waals surface area (Å²) in [7, 11) is 0. The molecule has 1 heterocycles. The van der Waals surface area contributed by atoms with Gasteiger partial charge in [-0.1, -0.05) is 24.6 Å². The molecule has 2 aromatic rings. The first-order chi connectivity index (χ1) is 9.54. The Morgan fingerprint density at radius 1 is 1.40 bits per heavy atom. The molecule has 0 bridgehead atoms. The van der Waals surface area contributed by atoms with Gasteiger partial charge in [0.1, 0.15) is 0 Å². The number of nitrogens with zero attached hydrogens (tertiary/aromatic N) is 1. The van der Waals surface area contributed by atoms with Gasteiger partial charge in [0, 0.05) is 16.9 Å². The topological polar surface area (TPSA) is 42.0 Å². The van der Waals surface area contributed by atoms with Gasteiger partial charge in [-0.15, -0.1) is 11.3 Å². The Balaban J connectivity index is 1.79. The van der Waals surface area contributed by atoms with Crippen molar-refractivity contribution in [1.82, 2.24) is 4.98 Å². The number of aromatic nitrogens is 1. The summed E-state index contributed by atoms with van der Waals surface area (Å²) in [4.78, 5) is 16.5. The van der Waals surface area contributed by atoms with Crippen molar-refractivity contribution in [1.29, 1.82) is 0 Å². The van der Waals surface area contributed by atoms with Gasteiger partial charge in [-0.3, -0.25) is 4.79 Å². The van der Waals surface area contributed by atoms with E-state index in [-0.39, 0.29) is 11.8 Å². The molecule has 1 fully saturated rings. The quantitative estimate of drug-likeness (QED) is 0.926. The molecule has 0 aliphatic heterocycles. The predicted octanol–water partition coefficient (Wildman–Crippen LogP) is 4.02. The average Bonchev–Trinajstić information content (AvgIpc) is 2.97. The molecule has 1 N–H and O–H groups in total. The van der Waals surface area contributed by atoms with Gasteiger partial charge in [0.15, 0.2) is 5.13 Å². The molecular formula is C16H18N2OS. The van der Waals surface area contributed by atoms with Crippen LogP contribution in [0.15, 0.2) is 23.6 Å². The minimum atomic E-state index is 0.111. The predicted molar refractivity (Wildman–Crippen MR) is 82.9 cm³/mol. The summed E-state index contributed by atoms with van der Waals surface area (Å²) in [5, 5.41) is 5.63. The van der Waals surface area contributed by atoms with Gasteiger partial charge < -0.3 is 5.32 Å².